The molecule has 0 aliphatic carbocycles. The number of nitrogens with zero attached hydrogens (tertiary/aromatic N) is 5. The first kappa shape index (κ1) is 15.6. The molecule has 0 spiro atoms. The summed E-state index contributed by atoms with van der Waals surface area (Å²) in [5.74, 6) is 1.55. The molecular weight excluding hydrogens is 300 g/mol. The zero-order chi connectivity index (χ0) is 16.5. The summed E-state index contributed by atoms with van der Waals surface area (Å²) in [5.41, 5.74) is 2.10. The quantitative estimate of drug-likeness (QED) is 0.940. The SMILES string of the molecule is Cc1cc(C)n(-c2ccnc(NC3CCCN4CCCCC34)n2)n1. The summed E-state index contributed by atoms with van der Waals surface area (Å²) in [7, 11) is 0. The number of piperidine rings is 2. The summed E-state index contributed by atoms with van der Waals surface area (Å²) in [6, 6.07) is 5.07. The van der Waals surface area contributed by atoms with Crippen molar-refractivity contribution in [3.8, 4) is 5.82 Å². The Morgan fingerprint density at radius 1 is 1.12 bits per heavy atom. The van der Waals surface area contributed by atoms with Crippen LogP contribution in [0.25, 0.3) is 5.82 Å². The van der Waals surface area contributed by atoms with Crippen molar-refractivity contribution in [1.82, 2.24) is 24.6 Å². The maximum Gasteiger partial charge on any atom is 0.224 e. The molecule has 128 valence electrons. The number of aromatic nitrogens is 4. The molecule has 1 N–H and O–H groups in total. The molecule has 0 amide bonds. The highest BCUT2D eigenvalue weighted by Crippen LogP contribution is 2.28. The lowest BCUT2D eigenvalue weighted by Gasteiger charge is -2.44. The van der Waals surface area contributed by atoms with Crippen LogP contribution in [-0.4, -0.2) is 49.8 Å². The molecule has 6 heteroatoms. The monoisotopic (exact) mass is 326 g/mol. The van der Waals surface area contributed by atoms with Crippen LogP contribution in [0.5, 0.6) is 0 Å². The second kappa shape index (κ2) is 6.51. The maximum atomic E-state index is 4.71. The van der Waals surface area contributed by atoms with Crippen molar-refractivity contribution in [3.05, 3.63) is 29.7 Å². The molecule has 4 heterocycles. The van der Waals surface area contributed by atoms with Crippen LogP contribution in [0.15, 0.2) is 18.3 Å². The van der Waals surface area contributed by atoms with Gasteiger partial charge in [-0.05, 0) is 58.7 Å². The molecule has 2 aliphatic heterocycles. The Hall–Kier alpha value is -1.95. The third-order valence-corrected chi connectivity index (χ3v) is 5.27. The highest BCUT2D eigenvalue weighted by Gasteiger charge is 2.33. The van der Waals surface area contributed by atoms with Gasteiger partial charge in [0.2, 0.25) is 5.95 Å². The van der Waals surface area contributed by atoms with E-state index >= 15 is 0 Å². The minimum absolute atomic E-state index is 0.453. The van der Waals surface area contributed by atoms with Crippen LogP contribution in [0.2, 0.25) is 0 Å². The minimum Gasteiger partial charge on any atom is -0.350 e. The van der Waals surface area contributed by atoms with Gasteiger partial charge in [-0.1, -0.05) is 6.42 Å². The Kier molecular flexibility index (Phi) is 4.22. The summed E-state index contributed by atoms with van der Waals surface area (Å²) in [6.07, 6.45) is 8.25. The van der Waals surface area contributed by atoms with Crippen LogP contribution < -0.4 is 5.32 Å². The first-order valence-electron chi connectivity index (χ1n) is 9.08. The van der Waals surface area contributed by atoms with E-state index in [0.29, 0.717) is 12.1 Å². The molecule has 0 aromatic carbocycles. The lowest BCUT2D eigenvalue weighted by molar-refractivity contribution is 0.0975. The van der Waals surface area contributed by atoms with E-state index in [1.165, 1.54) is 45.2 Å². The molecule has 2 fully saturated rings. The average molecular weight is 326 g/mol. The predicted molar refractivity (Wildman–Crippen MR) is 94.5 cm³/mol. The Labute approximate surface area is 143 Å². The van der Waals surface area contributed by atoms with E-state index in [1.54, 1.807) is 0 Å². The topological polar surface area (TPSA) is 58.9 Å². The average Bonchev–Trinajstić information content (AvgIpc) is 2.94. The fourth-order valence-corrected chi connectivity index (χ4v) is 4.19. The summed E-state index contributed by atoms with van der Waals surface area (Å²) in [5, 5.41) is 8.14. The largest absolute Gasteiger partial charge is 0.350 e. The Morgan fingerprint density at radius 3 is 2.83 bits per heavy atom. The van der Waals surface area contributed by atoms with E-state index in [4.69, 9.17) is 4.98 Å². The fraction of sp³-hybridized carbons (Fsp3) is 0.611. The lowest BCUT2D eigenvalue weighted by atomic mass is 9.89. The van der Waals surface area contributed by atoms with Crippen molar-refractivity contribution in [2.75, 3.05) is 18.4 Å². The molecule has 6 nitrogen and oxygen atoms in total. The molecule has 2 aromatic heterocycles. The zero-order valence-corrected chi connectivity index (χ0v) is 14.6. The van der Waals surface area contributed by atoms with Crippen molar-refractivity contribution in [3.63, 3.8) is 0 Å². The number of anilines is 1. The number of rotatable bonds is 3. The van der Waals surface area contributed by atoms with E-state index in [-0.39, 0.29) is 0 Å². The third kappa shape index (κ3) is 3.02. The van der Waals surface area contributed by atoms with Gasteiger partial charge >= 0.3 is 0 Å². The molecule has 24 heavy (non-hydrogen) atoms. The molecule has 4 rings (SSSR count). The van der Waals surface area contributed by atoms with Crippen LogP contribution in [0.4, 0.5) is 5.95 Å². The van der Waals surface area contributed by atoms with E-state index in [2.05, 4.69) is 33.3 Å². The van der Waals surface area contributed by atoms with Crippen LogP contribution in [0, 0.1) is 13.8 Å². The lowest BCUT2D eigenvalue weighted by Crippen LogP contribution is -2.53. The maximum absolute atomic E-state index is 4.71. The predicted octanol–water partition coefficient (Wildman–Crippen LogP) is 2.71. The summed E-state index contributed by atoms with van der Waals surface area (Å²) in [4.78, 5) is 11.8. The van der Waals surface area contributed by atoms with Gasteiger partial charge in [-0.25, -0.2) is 9.67 Å². The summed E-state index contributed by atoms with van der Waals surface area (Å²) in [6.45, 7) is 6.55. The molecule has 2 saturated heterocycles. The smallest absolute Gasteiger partial charge is 0.224 e. The summed E-state index contributed by atoms with van der Waals surface area (Å²) >= 11 is 0. The number of nitrogens with one attached hydrogen (secondary N) is 1. The standard InChI is InChI=1S/C18H26N6/c1-13-12-14(2)24(22-13)17-8-9-19-18(21-17)20-15-6-5-11-23-10-4-3-7-16(15)23/h8-9,12,15-16H,3-7,10-11H2,1-2H3,(H,19,20,21). The van der Waals surface area contributed by atoms with Gasteiger partial charge in [0.25, 0.3) is 0 Å². The highest BCUT2D eigenvalue weighted by atomic mass is 15.3. The Morgan fingerprint density at radius 2 is 2.00 bits per heavy atom. The van der Waals surface area contributed by atoms with Crippen molar-refractivity contribution >= 4 is 5.95 Å². The van der Waals surface area contributed by atoms with Crippen molar-refractivity contribution in [2.45, 2.75) is 58.0 Å². The number of hydrogen-bond donors (Lipinski definition) is 1. The van der Waals surface area contributed by atoms with Crippen LogP contribution >= 0.6 is 0 Å². The van der Waals surface area contributed by atoms with Gasteiger partial charge < -0.3 is 5.32 Å². The molecule has 0 radical (unpaired) electrons. The van der Waals surface area contributed by atoms with Crippen molar-refractivity contribution < 1.29 is 0 Å². The van der Waals surface area contributed by atoms with Gasteiger partial charge in [-0.15, -0.1) is 0 Å². The van der Waals surface area contributed by atoms with Gasteiger partial charge in [-0.3, -0.25) is 4.90 Å². The number of fused-ring (bicyclic) bond motifs is 1. The minimum atomic E-state index is 0.453. The van der Waals surface area contributed by atoms with Crippen LogP contribution in [-0.2, 0) is 0 Å². The molecular formula is C18H26N6. The number of hydrogen-bond acceptors (Lipinski definition) is 5. The summed E-state index contributed by atoms with van der Waals surface area (Å²) < 4.78 is 1.88. The van der Waals surface area contributed by atoms with Gasteiger partial charge in [0.1, 0.15) is 0 Å². The normalized spacial score (nSPS) is 24.6. The van der Waals surface area contributed by atoms with Crippen molar-refractivity contribution in [2.24, 2.45) is 0 Å². The van der Waals surface area contributed by atoms with Gasteiger partial charge in [0.05, 0.1) is 5.69 Å². The second-order valence-electron chi connectivity index (χ2n) is 7.07. The molecule has 2 aromatic rings. The zero-order valence-electron chi connectivity index (χ0n) is 14.6. The molecule has 0 saturated carbocycles. The van der Waals surface area contributed by atoms with E-state index < -0.39 is 0 Å². The molecule has 2 unspecified atom stereocenters. The molecule has 0 bridgehead atoms. The Balaban J connectivity index is 1.54. The van der Waals surface area contributed by atoms with Crippen LogP contribution in [0.1, 0.15) is 43.5 Å². The fourth-order valence-electron chi connectivity index (χ4n) is 4.19. The van der Waals surface area contributed by atoms with E-state index in [0.717, 1.165) is 23.2 Å². The number of aryl methyl sites for hydroxylation is 2. The van der Waals surface area contributed by atoms with Crippen LogP contribution in [0.3, 0.4) is 0 Å². The second-order valence-corrected chi connectivity index (χ2v) is 7.07. The highest BCUT2D eigenvalue weighted by molar-refractivity contribution is 5.34. The van der Waals surface area contributed by atoms with Gasteiger partial charge in [0, 0.05) is 30.0 Å². The van der Waals surface area contributed by atoms with Crippen molar-refractivity contribution in [1.29, 1.82) is 0 Å². The third-order valence-electron chi connectivity index (χ3n) is 5.27. The van der Waals surface area contributed by atoms with Gasteiger partial charge in [0.15, 0.2) is 5.82 Å². The van der Waals surface area contributed by atoms with E-state index in [9.17, 15) is 0 Å². The first-order chi connectivity index (χ1) is 11.7. The Bertz CT molecular complexity index is 707. The van der Waals surface area contributed by atoms with E-state index in [1.807, 2.05) is 23.9 Å². The molecule has 2 atom stereocenters. The molecule has 2 aliphatic rings. The van der Waals surface area contributed by atoms with Gasteiger partial charge in [-0.2, -0.15) is 10.1 Å². The first-order valence-corrected chi connectivity index (χ1v) is 9.08.